The molecule has 0 saturated carbocycles. The first-order valence-electron chi connectivity index (χ1n) is 10.3. The van der Waals surface area contributed by atoms with E-state index in [0.717, 1.165) is 6.54 Å². The molecule has 0 bridgehead atoms. The van der Waals surface area contributed by atoms with Gasteiger partial charge in [0.05, 0.1) is 0 Å². The number of aromatic nitrogens is 1. The van der Waals surface area contributed by atoms with E-state index in [1.165, 1.54) is 38.7 Å². The van der Waals surface area contributed by atoms with Crippen LogP contribution in [0.25, 0.3) is 22.6 Å². The van der Waals surface area contributed by atoms with E-state index < -0.39 is 0 Å². The minimum atomic E-state index is 0.862. The van der Waals surface area contributed by atoms with Crippen molar-refractivity contribution in [3.63, 3.8) is 0 Å². The zero-order chi connectivity index (χ0) is 20.2. The molecule has 0 spiro atoms. The second kappa shape index (κ2) is 8.26. The summed E-state index contributed by atoms with van der Waals surface area (Å²) in [7, 11) is 0. The fourth-order valence-electron chi connectivity index (χ4n) is 4.03. The predicted molar refractivity (Wildman–Crippen MR) is 127 cm³/mol. The Morgan fingerprint density at radius 1 is 0.600 bits per heavy atom. The van der Waals surface area contributed by atoms with E-state index in [4.69, 9.17) is 0 Å². The third kappa shape index (κ3) is 3.70. The molecule has 1 aromatic heterocycles. The molecule has 4 aromatic carbocycles. The molecule has 0 unspecified atom stereocenters. The van der Waals surface area contributed by atoms with Crippen LogP contribution in [-0.4, -0.2) is 4.57 Å². The van der Waals surface area contributed by atoms with E-state index in [1.807, 2.05) is 0 Å². The Balaban J connectivity index is 1.66. The van der Waals surface area contributed by atoms with Gasteiger partial charge in [-0.1, -0.05) is 109 Å². The Labute approximate surface area is 177 Å². The summed E-state index contributed by atoms with van der Waals surface area (Å²) < 4.78 is 2.35. The fourth-order valence-corrected chi connectivity index (χ4v) is 4.03. The molecule has 144 valence electrons. The van der Waals surface area contributed by atoms with Crippen molar-refractivity contribution in [1.82, 2.24) is 4.57 Å². The van der Waals surface area contributed by atoms with Crippen molar-refractivity contribution in [2.24, 2.45) is 0 Å². The number of hydrogen-bond donors (Lipinski definition) is 0. The molecule has 0 N–H and O–H groups in total. The zero-order valence-electron chi connectivity index (χ0n) is 16.8. The van der Waals surface area contributed by atoms with Gasteiger partial charge in [-0.15, -0.1) is 0 Å². The Kier molecular flexibility index (Phi) is 5.01. The van der Waals surface area contributed by atoms with Crippen LogP contribution in [0.15, 0.2) is 121 Å². The third-order valence-corrected chi connectivity index (χ3v) is 5.48. The largest absolute Gasteiger partial charge is 0.342 e. The monoisotopic (exact) mass is 385 g/mol. The first-order chi connectivity index (χ1) is 14.9. The van der Waals surface area contributed by atoms with E-state index in [9.17, 15) is 0 Å². The van der Waals surface area contributed by atoms with Crippen LogP contribution >= 0.6 is 0 Å². The normalized spacial score (nSPS) is 10.8. The van der Waals surface area contributed by atoms with E-state index >= 15 is 0 Å². The Bertz CT molecular complexity index is 1240. The van der Waals surface area contributed by atoms with Crippen LogP contribution in [0.1, 0.15) is 22.3 Å². The summed E-state index contributed by atoms with van der Waals surface area (Å²) in [6.07, 6.45) is 4.61. The maximum atomic E-state index is 2.35. The van der Waals surface area contributed by atoms with Gasteiger partial charge < -0.3 is 4.57 Å². The lowest BCUT2D eigenvalue weighted by atomic mass is 9.96. The molecule has 5 aromatic rings. The SMILES string of the molecule is C(=C(c1ccccc1)c1ccccc1)c1cn(Cc2ccccc2)c2ccccc12. The average Bonchev–Trinajstić information content (AvgIpc) is 3.16. The molecule has 1 heteroatoms. The Morgan fingerprint density at radius 3 is 1.77 bits per heavy atom. The van der Waals surface area contributed by atoms with Crippen molar-refractivity contribution in [1.29, 1.82) is 0 Å². The quantitative estimate of drug-likeness (QED) is 0.300. The summed E-state index contributed by atoms with van der Waals surface area (Å²) in [5.74, 6) is 0. The van der Waals surface area contributed by atoms with Crippen molar-refractivity contribution in [3.8, 4) is 0 Å². The maximum Gasteiger partial charge on any atom is 0.0489 e. The minimum Gasteiger partial charge on any atom is -0.342 e. The molecule has 0 aliphatic rings. The lowest BCUT2D eigenvalue weighted by Gasteiger charge is -2.08. The van der Waals surface area contributed by atoms with Crippen molar-refractivity contribution < 1.29 is 0 Å². The highest BCUT2D eigenvalue weighted by molar-refractivity contribution is 5.98. The fraction of sp³-hybridized carbons (Fsp3) is 0.0345. The topological polar surface area (TPSA) is 4.93 Å². The van der Waals surface area contributed by atoms with Crippen LogP contribution in [0.2, 0.25) is 0 Å². The van der Waals surface area contributed by atoms with Crippen molar-refractivity contribution in [2.45, 2.75) is 6.54 Å². The standard InChI is InChI=1S/C29H23N/c1-4-12-23(13-5-1)21-30-22-26(27-18-10-11-19-29(27)30)20-28(24-14-6-2-7-15-24)25-16-8-3-9-17-25/h1-20,22H,21H2. The van der Waals surface area contributed by atoms with Gasteiger partial charge in [-0.05, 0) is 34.4 Å². The van der Waals surface area contributed by atoms with Gasteiger partial charge in [0.25, 0.3) is 0 Å². The first-order valence-corrected chi connectivity index (χ1v) is 10.3. The molecule has 0 radical (unpaired) electrons. The van der Waals surface area contributed by atoms with Crippen molar-refractivity contribution in [3.05, 3.63) is 144 Å². The lowest BCUT2D eigenvalue weighted by molar-refractivity contribution is 0.836. The number of para-hydroxylation sites is 1. The van der Waals surface area contributed by atoms with Crippen LogP contribution in [-0.2, 0) is 6.54 Å². The maximum absolute atomic E-state index is 2.35. The summed E-state index contributed by atoms with van der Waals surface area (Å²) in [6, 6.07) is 40.6. The Morgan fingerprint density at radius 2 is 1.13 bits per heavy atom. The van der Waals surface area contributed by atoms with Gasteiger partial charge in [-0.25, -0.2) is 0 Å². The van der Waals surface area contributed by atoms with Gasteiger partial charge in [0.2, 0.25) is 0 Å². The average molecular weight is 386 g/mol. The molecule has 0 fully saturated rings. The molecule has 0 amide bonds. The van der Waals surface area contributed by atoms with Crippen LogP contribution in [0.4, 0.5) is 0 Å². The molecule has 30 heavy (non-hydrogen) atoms. The zero-order valence-corrected chi connectivity index (χ0v) is 16.8. The number of nitrogens with zero attached hydrogens (tertiary/aromatic N) is 1. The molecule has 0 atom stereocenters. The van der Waals surface area contributed by atoms with E-state index in [2.05, 4.69) is 132 Å². The molecular formula is C29H23N. The van der Waals surface area contributed by atoms with Gasteiger partial charge in [0.15, 0.2) is 0 Å². The number of fused-ring (bicyclic) bond motifs is 1. The van der Waals surface area contributed by atoms with Crippen LogP contribution < -0.4 is 0 Å². The van der Waals surface area contributed by atoms with Crippen LogP contribution in [0.5, 0.6) is 0 Å². The predicted octanol–water partition coefficient (Wildman–Crippen LogP) is 7.28. The molecular weight excluding hydrogens is 362 g/mol. The summed E-state index contributed by atoms with van der Waals surface area (Å²) in [6.45, 7) is 0.862. The molecule has 1 nitrogen and oxygen atoms in total. The minimum absolute atomic E-state index is 0.862. The van der Waals surface area contributed by atoms with E-state index in [0.29, 0.717) is 0 Å². The highest BCUT2D eigenvalue weighted by Gasteiger charge is 2.10. The number of rotatable bonds is 5. The highest BCUT2D eigenvalue weighted by atomic mass is 15.0. The van der Waals surface area contributed by atoms with Gasteiger partial charge in [0.1, 0.15) is 0 Å². The van der Waals surface area contributed by atoms with Crippen LogP contribution in [0.3, 0.4) is 0 Å². The van der Waals surface area contributed by atoms with Crippen molar-refractivity contribution >= 4 is 22.6 Å². The van der Waals surface area contributed by atoms with Gasteiger partial charge in [0, 0.05) is 29.2 Å². The van der Waals surface area contributed by atoms with Crippen LogP contribution in [0, 0.1) is 0 Å². The molecule has 0 saturated heterocycles. The van der Waals surface area contributed by atoms with E-state index in [-0.39, 0.29) is 0 Å². The molecule has 5 rings (SSSR count). The summed E-state index contributed by atoms with van der Waals surface area (Å²) in [5, 5.41) is 1.28. The van der Waals surface area contributed by atoms with E-state index in [1.54, 1.807) is 0 Å². The van der Waals surface area contributed by atoms with Gasteiger partial charge in [-0.2, -0.15) is 0 Å². The smallest absolute Gasteiger partial charge is 0.0489 e. The molecule has 0 aliphatic heterocycles. The number of hydrogen-bond acceptors (Lipinski definition) is 0. The highest BCUT2D eigenvalue weighted by Crippen LogP contribution is 2.30. The number of benzene rings is 4. The summed E-state index contributed by atoms with van der Waals surface area (Å²) >= 11 is 0. The molecule has 0 aliphatic carbocycles. The second-order valence-electron chi connectivity index (χ2n) is 7.51. The molecule has 1 heterocycles. The first kappa shape index (κ1) is 18.2. The van der Waals surface area contributed by atoms with Crippen molar-refractivity contribution in [2.75, 3.05) is 0 Å². The Hall–Kier alpha value is -3.84. The summed E-state index contributed by atoms with van der Waals surface area (Å²) in [4.78, 5) is 0. The third-order valence-electron chi connectivity index (χ3n) is 5.48. The van der Waals surface area contributed by atoms with Gasteiger partial charge >= 0.3 is 0 Å². The lowest BCUT2D eigenvalue weighted by Crippen LogP contribution is -1.97. The van der Waals surface area contributed by atoms with Gasteiger partial charge in [-0.3, -0.25) is 0 Å². The second-order valence-corrected chi connectivity index (χ2v) is 7.51. The summed E-state index contributed by atoms with van der Waals surface area (Å²) in [5.41, 5.74) is 7.49.